The summed E-state index contributed by atoms with van der Waals surface area (Å²) in [5, 5.41) is 0.205. The Morgan fingerprint density at radius 1 is 0.578 bits per heavy atom. The molecule has 4 aliphatic rings. The smallest absolute Gasteiger partial charge is 0.118 e. The van der Waals surface area contributed by atoms with Gasteiger partial charge in [0.05, 0.1) is 0 Å². The van der Waals surface area contributed by atoms with Crippen molar-refractivity contribution >= 4 is 42.5 Å². The van der Waals surface area contributed by atoms with Crippen molar-refractivity contribution in [3.05, 3.63) is 57.6 Å². The first-order chi connectivity index (χ1) is 21.0. The number of hydrogen-bond donors (Lipinski definition) is 0. The van der Waals surface area contributed by atoms with Crippen LogP contribution in [0.4, 0.5) is 11.4 Å². The molecule has 0 unspecified atom stereocenters. The maximum atomic E-state index is 7.07. The molecule has 6 rings (SSSR count). The number of alkyl halides is 2. The molecule has 1 aliphatic heterocycles. The van der Waals surface area contributed by atoms with Crippen molar-refractivity contribution in [3.63, 3.8) is 0 Å². The fourth-order valence-corrected chi connectivity index (χ4v) is 15.9. The van der Waals surface area contributed by atoms with Gasteiger partial charge in [-0.05, 0) is 126 Å². The summed E-state index contributed by atoms with van der Waals surface area (Å²) in [6.07, 6.45) is 18.8. The summed E-state index contributed by atoms with van der Waals surface area (Å²) >= 11 is 14.1. The average Bonchev–Trinajstić information content (AvgIpc) is 3.39. The number of aryl methyl sites for hydroxylation is 6. The van der Waals surface area contributed by atoms with Crippen LogP contribution in [0.3, 0.4) is 0 Å². The zero-order valence-corrected chi connectivity index (χ0v) is 33.0. The molecule has 0 N–H and O–H groups in total. The van der Waals surface area contributed by atoms with Crippen molar-refractivity contribution < 1.29 is 19.5 Å². The molecule has 3 aliphatic carbocycles. The summed E-state index contributed by atoms with van der Waals surface area (Å²) in [4.78, 5) is 5.83. The van der Waals surface area contributed by atoms with Crippen LogP contribution in [0.5, 0.6) is 0 Å². The van der Waals surface area contributed by atoms with Crippen LogP contribution in [0, 0.1) is 41.5 Å². The largest absolute Gasteiger partial charge is 0.348 e. The van der Waals surface area contributed by atoms with Gasteiger partial charge in [-0.1, -0.05) is 81.8 Å². The molecule has 1 saturated heterocycles. The first kappa shape index (κ1) is 36.0. The molecule has 0 atom stereocenters. The number of halogens is 2. The molecule has 250 valence electrons. The summed E-state index contributed by atoms with van der Waals surface area (Å²) in [7, 11) is -0.237. The molecule has 3 saturated carbocycles. The van der Waals surface area contributed by atoms with Crippen LogP contribution < -0.4 is 9.80 Å². The molecule has 0 bridgehead atoms. The van der Waals surface area contributed by atoms with E-state index >= 15 is 0 Å². The van der Waals surface area contributed by atoms with Crippen LogP contribution in [-0.2, 0) is 19.5 Å². The summed E-state index contributed by atoms with van der Waals surface area (Å²) in [5.41, 5.74) is 13.2. The molecular formula is C39H57Cl2N2PRu. The Balaban J connectivity index is 0.00000400. The fourth-order valence-electron chi connectivity index (χ4n) is 10.4. The monoisotopic (exact) mass is 756 g/mol. The summed E-state index contributed by atoms with van der Waals surface area (Å²) in [6.45, 7) is 16.1. The van der Waals surface area contributed by atoms with E-state index in [-0.39, 0.29) is 32.6 Å². The minimum Gasteiger partial charge on any atom is -0.348 e. The molecule has 45 heavy (non-hydrogen) atoms. The van der Waals surface area contributed by atoms with Crippen LogP contribution in [0.2, 0.25) is 0 Å². The Hall–Kier alpha value is -0.327. The van der Waals surface area contributed by atoms with Gasteiger partial charge in [-0.3, -0.25) is 0 Å². The van der Waals surface area contributed by atoms with Crippen molar-refractivity contribution in [2.45, 2.75) is 158 Å². The fraction of sp³-hybridized carbons (Fsp3) is 0.692. The van der Waals surface area contributed by atoms with Crippen LogP contribution in [-0.4, -0.2) is 40.1 Å². The zero-order chi connectivity index (χ0) is 31.2. The van der Waals surface area contributed by atoms with Gasteiger partial charge in [-0.2, -0.15) is 0 Å². The minimum absolute atomic E-state index is 0. The van der Waals surface area contributed by atoms with Crippen LogP contribution in [0.25, 0.3) is 0 Å². The van der Waals surface area contributed by atoms with Crippen molar-refractivity contribution in [3.8, 4) is 0 Å². The second-order valence-electron chi connectivity index (χ2n) is 15.2. The summed E-state index contributed by atoms with van der Waals surface area (Å²) in [5.74, 6) is 0. The Kier molecular flexibility index (Phi) is 11.7. The number of benzene rings is 2. The molecule has 0 spiro atoms. The van der Waals surface area contributed by atoms with Gasteiger partial charge in [0, 0.05) is 49.1 Å². The Bertz CT molecular complexity index is 1190. The summed E-state index contributed by atoms with van der Waals surface area (Å²) in [6, 6.07) is 9.69. The molecular weight excluding hydrogens is 699 g/mol. The Morgan fingerprint density at radius 2 is 0.933 bits per heavy atom. The normalized spacial score (nSPS) is 23.0. The summed E-state index contributed by atoms with van der Waals surface area (Å²) < 4.78 is -0.594. The molecule has 2 aromatic rings. The van der Waals surface area contributed by atoms with E-state index < -0.39 is 4.33 Å². The van der Waals surface area contributed by atoms with E-state index in [1.54, 1.807) is 0 Å². The quantitative estimate of drug-likeness (QED) is 0.165. The van der Waals surface area contributed by atoms with Gasteiger partial charge in [0.25, 0.3) is 0 Å². The minimum atomic E-state index is -0.594. The SMILES string of the molecule is Cc1cc(C)c(N2CCN(c3c(C)cc(C)cc3C)C2C2(P(C3CCCCC3)C3CCCCC3)CCC(Cl)(Cl)CC2)c(C)c1.[Ru]. The average molecular weight is 757 g/mol. The van der Waals surface area contributed by atoms with Gasteiger partial charge in [-0.25, -0.2) is 0 Å². The van der Waals surface area contributed by atoms with E-state index in [1.807, 2.05) is 0 Å². The van der Waals surface area contributed by atoms with Crippen molar-refractivity contribution in [1.82, 2.24) is 0 Å². The molecule has 6 heteroatoms. The van der Waals surface area contributed by atoms with E-state index in [2.05, 4.69) is 75.6 Å². The molecule has 0 amide bonds. The second kappa shape index (κ2) is 14.7. The maximum Gasteiger partial charge on any atom is 0.118 e. The number of nitrogens with zero attached hydrogens (tertiary/aromatic N) is 2. The first-order valence-electron chi connectivity index (χ1n) is 17.9. The van der Waals surface area contributed by atoms with Gasteiger partial charge >= 0.3 is 0 Å². The Morgan fingerprint density at radius 3 is 1.29 bits per heavy atom. The topological polar surface area (TPSA) is 6.48 Å². The third kappa shape index (κ3) is 7.19. The van der Waals surface area contributed by atoms with Gasteiger partial charge in [0.1, 0.15) is 10.5 Å². The second-order valence-corrected chi connectivity index (χ2v) is 20.0. The molecule has 4 fully saturated rings. The van der Waals surface area contributed by atoms with Gasteiger partial charge in [0.2, 0.25) is 0 Å². The van der Waals surface area contributed by atoms with Gasteiger partial charge in [-0.15, -0.1) is 23.2 Å². The van der Waals surface area contributed by atoms with Crippen LogP contribution in [0.1, 0.15) is 123 Å². The van der Waals surface area contributed by atoms with E-state index in [1.165, 1.54) is 109 Å². The maximum absolute atomic E-state index is 7.07. The molecule has 2 aromatic carbocycles. The van der Waals surface area contributed by atoms with Gasteiger partial charge in [0.15, 0.2) is 0 Å². The van der Waals surface area contributed by atoms with E-state index in [0.717, 1.165) is 50.1 Å². The number of hydrogen-bond acceptors (Lipinski definition) is 2. The number of rotatable bonds is 6. The van der Waals surface area contributed by atoms with E-state index in [9.17, 15) is 0 Å². The first-order valence-corrected chi connectivity index (χ1v) is 20.1. The zero-order valence-electron chi connectivity index (χ0n) is 28.8. The van der Waals surface area contributed by atoms with Crippen LogP contribution in [0.15, 0.2) is 24.3 Å². The van der Waals surface area contributed by atoms with Gasteiger partial charge < -0.3 is 9.80 Å². The predicted octanol–water partition coefficient (Wildman–Crippen LogP) is 11.8. The molecule has 2 nitrogen and oxygen atoms in total. The molecule has 1 heterocycles. The number of anilines is 2. The third-order valence-electron chi connectivity index (χ3n) is 11.8. The van der Waals surface area contributed by atoms with Crippen molar-refractivity contribution in [2.24, 2.45) is 0 Å². The van der Waals surface area contributed by atoms with E-state index in [4.69, 9.17) is 23.2 Å². The van der Waals surface area contributed by atoms with E-state index in [0.29, 0.717) is 6.17 Å². The molecule has 0 radical (unpaired) electrons. The standard InChI is InChI=1S/C39H57Cl2N2P.Ru/c1-27-23-29(3)35(30(4)24-27)42-21-22-43(36-31(5)25-28(2)26-32(36)6)37(42)38(17-19-39(40,41)20-18-38)44(33-13-9-7-10-14-33)34-15-11-8-12-16-34;/h23-26,33-34,37H,7-22H2,1-6H3;. The Labute approximate surface area is 299 Å². The molecule has 0 aromatic heterocycles. The third-order valence-corrected chi connectivity index (χ3v) is 16.9. The van der Waals surface area contributed by atoms with Crippen molar-refractivity contribution in [2.75, 3.05) is 22.9 Å². The van der Waals surface area contributed by atoms with Crippen LogP contribution >= 0.6 is 31.1 Å². The predicted molar refractivity (Wildman–Crippen MR) is 196 cm³/mol. The van der Waals surface area contributed by atoms with Crippen molar-refractivity contribution in [1.29, 1.82) is 0 Å².